The second kappa shape index (κ2) is 6.94. The molecule has 3 nitrogen and oxygen atoms in total. The SMILES string of the molecule is CCCNC(=O)C(C)Cc1ccc(OC)cc1. The molecule has 0 saturated heterocycles. The normalized spacial score (nSPS) is 11.9. The fourth-order valence-electron chi connectivity index (χ4n) is 1.63. The standard InChI is InChI=1S/C14H21NO2/c1-4-9-15-14(16)11(2)10-12-5-7-13(17-3)8-6-12/h5-8,11H,4,9-10H2,1-3H3,(H,15,16). The van der Waals surface area contributed by atoms with Crippen molar-refractivity contribution in [1.82, 2.24) is 5.32 Å². The molecule has 0 fully saturated rings. The average molecular weight is 235 g/mol. The lowest BCUT2D eigenvalue weighted by Gasteiger charge is -2.12. The highest BCUT2D eigenvalue weighted by molar-refractivity contribution is 5.78. The number of benzene rings is 1. The van der Waals surface area contributed by atoms with Gasteiger partial charge in [-0.2, -0.15) is 0 Å². The molecule has 1 amide bonds. The maximum atomic E-state index is 11.7. The van der Waals surface area contributed by atoms with Gasteiger partial charge in [-0.3, -0.25) is 4.79 Å². The number of ether oxygens (including phenoxy) is 1. The van der Waals surface area contributed by atoms with Crippen LogP contribution in [0, 0.1) is 5.92 Å². The summed E-state index contributed by atoms with van der Waals surface area (Å²) in [6, 6.07) is 7.85. The molecule has 0 heterocycles. The largest absolute Gasteiger partial charge is 0.497 e. The van der Waals surface area contributed by atoms with E-state index in [-0.39, 0.29) is 11.8 Å². The Morgan fingerprint density at radius 2 is 2.00 bits per heavy atom. The fraction of sp³-hybridized carbons (Fsp3) is 0.500. The summed E-state index contributed by atoms with van der Waals surface area (Å²) in [6.45, 7) is 4.76. The predicted molar refractivity (Wildman–Crippen MR) is 69.2 cm³/mol. The van der Waals surface area contributed by atoms with Gasteiger partial charge in [0.2, 0.25) is 5.91 Å². The molecular formula is C14H21NO2. The van der Waals surface area contributed by atoms with E-state index < -0.39 is 0 Å². The Bertz CT molecular complexity index is 346. The van der Waals surface area contributed by atoms with E-state index in [0.717, 1.165) is 30.7 Å². The van der Waals surface area contributed by atoms with Gasteiger partial charge in [0.05, 0.1) is 7.11 Å². The smallest absolute Gasteiger partial charge is 0.223 e. The summed E-state index contributed by atoms with van der Waals surface area (Å²) in [5.74, 6) is 0.981. The molecule has 0 aliphatic carbocycles. The number of amides is 1. The Hall–Kier alpha value is -1.51. The Morgan fingerprint density at radius 3 is 2.53 bits per heavy atom. The van der Waals surface area contributed by atoms with E-state index in [4.69, 9.17) is 4.74 Å². The molecule has 1 aromatic carbocycles. The summed E-state index contributed by atoms with van der Waals surface area (Å²) >= 11 is 0. The quantitative estimate of drug-likeness (QED) is 0.822. The van der Waals surface area contributed by atoms with E-state index in [2.05, 4.69) is 12.2 Å². The van der Waals surface area contributed by atoms with Crippen LogP contribution in [0.5, 0.6) is 5.75 Å². The van der Waals surface area contributed by atoms with E-state index in [1.54, 1.807) is 7.11 Å². The molecule has 1 rings (SSSR count). The van der Waals surface area contributed by atoms with Crippen LogP contribution in [-0.4, -0.2) is 19.6 Å². The van der Waals surface area contributed by atoms with Gasteiger partial charge in [-0.25, -0.2) is 0 Å². The van der Waals surface area contributed by atoms with Gasteiger partial charge in [0.25, 0.3) is 0 Å². The highest BCUT2D eigenvalue weighted by Crippen LogP contribution is 2.14. The molecule has 0 bridgehead atoms. The molecule has 0 spiro atoms. The van der Waals surface area contributed by atoms with Crippen molar-refractivity contribution >= 4 is 5.91 Å². The number of methoxy groups -OCH3 is 1. The first-order chi connectivity index (χ1) is 8.17. The van der Waals surface area contributed by atoms with Gasteiger partial charge in [0, 0.05) is 12.5 Å². The van der Waals surface area contributed by atoms with Crippen LogP contribution in [0.2, 0.25) is 0 Å². The van der Waals surface area contributed by atoms with E-state index in [0.29, 0.717) is 0 Å². The maximum Gasteiger partial charge on any atom is 0.223 e. The first-order valence-electron chi connectivity index (χ1n) is 6.08. The van der Waals surface area contributed by atoms with Crippen LogP contribution in [0.15, 0.2) is 24.3 Å². The Balaban J connectivity index is 2.49. The van der Waals surface area contributed by atoms with Crippen molar-refractivity contribution in [3.05, 3.63) is 29.8 Å². The van der Waals surface area contributed by atoms with Crippen LogP contribution in [0.25, 0.3) is 0 Å². The Morgan fingerprint density at radius 1 is 1.35 bits per heavy atom. The highest BCUT2D eigenvalue weighted by atomic mass is 16.5. The molecule has 17 heavy (non-hydrogen) atoms. The first kappa shape index (κ1) is 13.6. The van der Waals surface area contributed by atoms with E-state index in [1.165, 1.54) is 0 Å². The summed E-state index contributed by atoms with van der Waals surface area (Å²) in [5, 5.41) is 2.91. The van der Waals surface area contributed by atoms with Crippen LogP contribution in [0.1, 0.15) is 25.8 Å². The van der Waals surface area contributed by atoms with Crippen LogP contribution in [0.4, 0.5) is 0 Å². The number of carbonyl (C=O) groups excluding carboxylic acids is 1. The lowest BCUT2D eigenvalue weighted by atomic mass is 10.0. The first-order valence-corrected chi connectivity index (χ1v) is 6.08. The van der Waals surface area contributed by atoms with Crippen molar-refractivity contribution in [2.24, 2.45) is 5.92 Å². The zero-order valence-electron chi connectivity index (χ0n) is 10.8. The molecule has 0 aliphatic rings. The van der Waals surface area contributed by atoms with Crippen molar-refractivity contribution in [1.29, 1.82) is 0 Å². The van der Waals surface area contributed by atoms with E-state index >= 15 is 0 Å². The molecule has 1 atom stereocenters. The number of rotatable bonds is 6. The molecule has 94 valence electrons. The van der Waals surface area contributed by atoms with Crippen molar-refractivity contribution in [2.45, 2.75) is 26.7 Å². The molecule has 1 aromatic rings. The van der Waals surface area contributed by atoms with Gasteiger partial charge >= 0.3 is 0 Å². The maximum absolute atomic E-state index is 11.7. The number of hydrogen-bond acceptors (Lipinski definition) is 2. The van der Waals surface area contributed by atoms with Gasteiger partial charge in [0.1, 0.15) is 5.75 Å². The number of nitrogens with one attached hydrogen (secondary N) is 1. The molecular weight excluding hydrogens is 214 g/mol. The summed E-state index contributed by atoms with van der Waals surface area (Å²) < 4.78 is 5.10. The molecule has 0 aromatic heterocycles. The Kier molecular flexibility index (Phi) is 5.53. The molecule has 0 radical (unpaired) electrons. The van der Waals surface area contributed by atoms with Crippen LogP contribution in [-0.2, 0) is 11.2 Å². The average Bonchev–Trinajstić information content (AvgIpc) is 2.36. The molecule has 0 aliphatic heterocycles. The van der Waals surface area contributed by atoms with Gasteiger partial charge in [-0.1, -0.05) is 26.0 Å². The van der Waals surface area contributed by atoms with Gasteiger partial charge in [0.15, 0.2) is 0 Å². The third kappa shape index (κ3) is 4.47. The lowest BCUT2D eigenvalue weighted by molar-refractivity contribution is -0.124. The lowest BCUT2D eigenvalue weighted by Crippen LogP contribution is -2.30. The summed E-state index contributed by atoms with van der Waals surface area (Å²) in [4.78, 5) is 11.7. The monoisotopic (exact) mass is 235 g/mol. The summed E-state index contributed by atoms with van der Waals surface area (Å²) in [6.07, 6.45) is 1.74. The minimum Gasteiger partial charge on any atom is -0.497 e. The van der Waals surface area contributed by atoms with Crippen LogP contribution >= 0.6 is 0 Å². The summed E-state index contributed by atoms with van der Waals surface area (Å²) in [7, 11) is 1.65. The third-order valence-corrected chi connectivity index (χ3v) is 2.70. The molecule has 1 N–H and O–H groups in total. The highest BCUT2D eigenvalue weighted by Gasteiger charge is 2.12. The minimum absolute atomic E-state index is 0.00921. The minimum atomic E-state index is 0.00921. The zero-order valence-corrected chi connectivity index (χ0v) is 10.8. The van der Waals surface area contributed by atoms with Crippen LogP contribution < -0.4 is 10.1 Å². The number of hydrogen-bond donors (Lipinski definition) is 1. The Labute approximate surface area is 103 Å². The topological polar surface area (TPSA) is 38.3 Å². The van der Waals surface area contributed by atoms with Crippen molar-refractivity contribution in [3.63, 3.8) is 0 Å². The van der Waals surface area contributed by atoms with Gasteiger partial charge < -0.3 is 10.1 Å². The fourth-order valence-corrected chi connectivity index (χ4v) is 1.63. The third-order valence-electron chi connectivity index (χ3n) is 2.70. The zero-order chi connectivity index (χ0) is 12.7. The molecule has 0 saturated carbocycles. The van der Waals surface area contributed by atoms with Gasteiger partial charge in [-0.05, 0) is 30.5 Å². The van der Waals surface area contributed by atoms with E-state index in [1.807, 2.05) is 31.2 Å². The van der Waals surface area contributed by atoms with Gasteiger partial charge in [-0.15, -0.1) is 0 Å². The second-order valence-electron chi connectivity index (χ2n) is 4.24. The molecule has 1 unspecified atom stereocenters. The summed E-state index contributed by atoms with van der Waals surface area (Å²) in [5.41, 5.74) is 1.16. The second-order valence-corrected chi connectivity index (χ2v) is 4.24. The van der Waals surface area contributed by atoms with Crippen molar-refractivity contribution in [3.8, 4) is 5.75 Å². The van der Waals surface area contributed by atoms with Crippen molar-refractivity contribution < 1.29 is 9.53 Å². The predicted octanol–water partition coefficient (Wildman–Crippen LogP) is 2.40. The van der Waals surface area contributed by atoms with Crippen LogP contribution in [0.3, 0.4) is 0 Å². The van der Waals surface area contributed by atoms with Crippen molar-refractivity contribution in [2.75, 3.05) is 13.7 Å². The molecule has 3 heteroatoms. The van der Waals surface area contributed by atoms with E-state index in [9.17, 15) is 4.79 Å². The number of carbonyl (C=O) groups is 1.